The SMILES string of the molecule is CC1=C(C)C(=O)CC(C)(C)C=C1.CC1=CC=CC(C)(C)CC1=O.CC1=CC=CC(C)(C)CC1N.C[C@@H]1C=CC(C)(C)CC(N)[C@H]1C. The van der Waals surface area contributed by atoms with Crippen LogP contribution < -0.4 is 11.5 Å². The fraction of sp³-hybridized carbons (Fsp3) is 0.619. The molecule has 258 valence electrons. The highest BCUT2D eigenvalue weighted by Gasteiger charge is 2.28. The van der Waals surface area contributed by atoms with E-state index in [1.807, 2.05) is 32.9 Å². The average molecular weight is 633 g/mol. The Morgan fingerprint density at radius 3 is 1.76 bits per heavy atom. The first-order valence-corrected chi connectivity index (χ1v) is 17.2. The summed E-state index contributed by atoms with van der Waals surface area (Å²) in [6, 6.07) is 0.588. The minimum Gasteiger partial charge on any atom is -0.327 e. The number of hydrogen-bond donors (Lipinski definition) is 2. The van der Waals surface area contributed by atoms with Crippen molar-refractivity contribution >= 4 is 11.6 Å². The topological polar surface area (TPSA) is 86.2 Å². The van der Waals surface area contributed by atoms with Gasteiger partial charge >= 0.3 is 0 Å². The minimum absolute atomic E-state index is 0.0239. The van der Waals surface area contributed by atoms with Gasteiger partial charge in [-0.25, -0.2) is 0 Å². The lowest BCUT2D eigenvalue weighted by Gasteiger charge is -2.26. The van der Waals surface area contributed by atoms with Crippen molar-refractivity contribution in [3.8, 4) is 0 Å². The molecule has 0 aromatic rings. The number of rotatable bonds is 0. The molecule has 4 aliphatic rings. The third-order valence-corrected chi connectivity index (χ3v) is 9.71. The van der Waals surface area contributed by atoms with Gasteiger partial charge in [0.1, 0.15) is 0 Å². The van der Waals surface area contributed by atoms with Gasteiger partial charge in [0.05, 0.1) is 0 Å². The van der Waals surface area contributed by atoms with E-state index in [4.69, 9.17) is 11.5 Å². The van der Waals surface area contributed by atoms with E-state index in [-0.39, 0.29) is 33.9 Å². The first-order chi connectivity index (χ1) is 20.9. The Balaban J connectivity index is 0.000000307. The van der Waals surface area contributed by atoms with Crippen molar-refractivity contribution in [2.45, 2.75) is 135 Å². The van der Waals surface area contributed by atoms with E-state index in [0.717, 1.165) is 29.6 Å². The van der Waals surface area contributed by atoms with Crippen molar-refractivity contribution in [3.63, 3.8) is 0 Å². The van der Waals surface area contributed by atoms with E-state index in [0.29, 0.717) is 36.1 Å². The van der Waals surface area contributed by atoms with Gasteiger partial charge in [-0.15, -0.1) is 0 Å². The molecule has 4 atom stereocenters. The quantitative estimate of drug-likeness (QED) is 0.260. The summed E-state index contributed by atoms with van der Waals surface area (Å²) in [6.07, 6.45) is 24.6. The Bertz CT molecular complexity index is 1280. The van der Waals surface area contributed by atoms with Crippen LogP contribution in [0.15, 0.2) is 83.1 Å². The highest BCUT2D eigenvalue weighted by molar-refractivity contribution is 5.97. The molecule has 46 heavy (non-hydrogen) atoms. The number of hydrogen-bond acceptors (Lipinski definition) is 4. The van der Waals surface area contributed by atoms with E-state index in [1.54, 1.807) is 0 Å². The van der Waals surface area contributed by atoms with Crippen molar-refractivity contribution in [3.05, 3.63) is 83.1 Å². The van der Waals surface area contributed by atoms with Crippen LogP contribution in [0.4, 0.5) is 0 Å². The molecule has 0 fully saturated rings. The first-order valence-electron chi connectivity index (χ1n) is 17.2. The summed E-state index contributed by atoms with van der Waals surface area (Å²) < 4.78 is 0. The molecule has 4 rings (SSSR count). The fourth-order valence-electron chi connectivity index (χ4n) is 5.68. The maximum atomic E-state index is 11.5. The molecule has 0 spiro atoms. The largest absolute Gasteiger partial charge is 0.327 e. The Kier molecular flexibility index (Phi) is 15.3. The van der Waals surface area contributed by atoms with Crippen LogP contribution in [0.1, 0.15) is 123 Å². The van der Waals surface area contributed by atoms with Gasteiger partial charge in [-0.3, -0.25) is 9.59 Å². The maximum Gasteiger partial charge on any atom is 0.159 e. The van der Waals surface area contributed by atoms with Crippen molar-refractivity contribution < 1.29 is 9.59 Å². The molecule has 4 aliphatic carbocycles. The highest BCUT2D eigenvalue weighted by Crippen LogP contribution is 2.33. The molecule has 0 amide bonds. The third-order valence-electron chi connectivity index (χ3n) is 9.71. The summed E-state index contributed by atoms with van der Waals surface area (Å²) in [5, 5.41) is 0. The molecule has 0 aliphatic heterocycles. The second-order valence-electron chi connectivity index (χ2n) is 17.0. The van der Waals surface area contributed by atoms with Gasteiger partial charge in [0.25, 0.3) is 0 Å². The Hall–Kier alpha value is -2.56. The summed E-state index contributed by atoms with van der Waals surface area (Å²) in [4.78, 5) is 22.9. The smallest absolute Gasteiger partial charge is 0.159 e. The van der Waals surface area contributed by atoms with Crippen molar-refractivity contribution in [2.24, 2.45) is 45.0 Å². The molecule has 0 aromatic carbocycles. The zero-order chi connectivity index (χ0) is 35.7. The first kappa shape index (κ1) is 41.5. The van der Waals surface area contributed by atoms with Gasteiger partial charge in [-0.05, 0) is 90.8 Å². The average Bonchev–Trinajstić information content (AvgIpc) is 3.21. The van der Waals surface area contributed by atoms with E-state index < -0.39 is 0 Å². The van der Waals surface area contributed by atoms with Gasteiger partial charge in [-0.2, -0.15) is 0 Å². The van der Waals surface area contributed by atoms with Crippen LogP contribution in [0.5, 0.6) is 0 Å². The molecular weight excluding hydrogens is 564 g/mol. The maximum absolute atomic E-state index is 11.5. The van der Waals surface area contributed by atoms with Crippen LogP contribution in [-0.4, -0.2) is 23.7 Å². The second-order valence-corrected chi connectivity index (χ2v) is 17.0. The molecule has 0 saturated carbocycles. The monoisotopic (exact) mass is 633 g/mol. The molecule has 0 heterocycles. The van der Waals surface area contributed by atoms with Crippen LogP contribution in [0, 0.1) is 33.5 Å². The van der Waals surface area contributed by atoms with Crippen molar-refractivity contribution in [2.75, 3.05) is 0 Å². The van der Waals surface area contributed by atoms with Crippen LogP contribution in [0.3, 0.4) is 0 Å². The van der Waals surface area contributed by atoms with Crippen LogP contribution in [0.25, 0.3) is 0 Å². The summed E-state index contributed by atoms with van der Waals surface area (Å²) >= 11 is 0. The number of nitrogens with two attached hydrogens (primary N) is 2. The third kappa shape index (κ3) is 14.9. The van der Waals surface area contributed by atoms with Crippen LogP contribution in [-0.2, 0) is 9.59 Å². The van der Waals surface area contributed by atoms with E-state index in [9.17, 15) is 9.59 Å². The predicted octanol–water partition coefficient (Wildman–Crippen LogP) is 10.2. The Labute approximate surface area is 283 Å². The molecule has 4 nitrogen and oxygen atoms in total. The lowest BCUT2D eigenvalue weighted by atomic mass is 9.83. The van der Waals surface area contributed by atoms with E-state index in [1.165, 1.54) is 5.57 Å². The van der Waals surface area contributed by atoms with Gasteiger partial charge < -0.3 is 11.5 Å². The number of carbonyl (C=O) groups excluding carboxylic acids is 2. The molecule has 0 saturated heterocycles. The fourth-order valence-corrected chi connectivity index (χ4v) is 5.68. The number of ketones is 2. The Morgan fingerprint density at radius 1 is 0.652 bits per heavy atom. The van der Waals surface area contributed by atoms with Gasteiger partial charge in [-0.1, -0.05) is 136 Å². The number of allylic oxidation sites excluding steroid dienone is 13. The minimum atomic E-state index is 0.0239. The van der Waals surface area contributed by atoms with E-state index >= 15 is 0 Å². The predicted molar refractivity (Wildman–Crippen MR) is 200 cm³/mol. The summed E-state index contributed by atoms with van der Waals surface area (Å²) in [5.41, 5.74) is 16.8. The van der Waals surface area contributed by atoms with Gasteiger partial charge in [0.15, 0.2) is 11.6 Å². The normalized spacial score (nSPS) is 29.1. The molecular formula is C42H68N2O2. The Morgan fingerprint density at radius 2 is 1.15 bits per heavy atom. The summed E-state index contributed by atoms with van der Waals surface area (Å²) in [5.74, 6) is 1.78. The summed E-state index contributed by atoms with van der Waals surface area (Å²) in [6.45, 7) is 29.7. The van der Waals surface area contributed by atoms with Gasteiger partial charge in [0.2, 0.25) is 0 Å². The van der Waals surface area contributed by atoms with Crippen molar-refractivity contribution in [1.29, 1.82) is 0 Å². The van der Waals surface area contributed by atoms with Crippen LogP contribution >= 0.6 is 0 Å². The standard InChI is InChI=1S/C11H21N.C11H16O.C10H17N.C10H14O/c2*1-8-5-6-11(3,4)7-10(12)9(8)2;2*1-8-5-4-6-10(2,3)7-9(8)11/h5-6,8-10H,7,12H2,1-4H3;5-6H,7H2,1-4H3;4-6,9H,7,11H2,1-3H3;4-6H,7H2,1-3H3/t8-,9+,10?;;;/m1.../s1. The zero-order valence-corrected chi connectivity index (χ0v) is 31.9. The number of Topliss-reactive ketones (excluding diaryl/α,β-unsaturated/α-hetero) is 2. The molecule has 2 unspecified atom stereocenters. The molecule has 0 aromatic heterocycles. The van der Waals surface area contributed by atoms with E-state index in [2.05, 4.69) is 125 Å². The van der Waals surface area contributed by atoms with Gasteiger partial charge in [0, 0.05) is 24.9 Å². The van der Waals surface area contributed by atoms with Crippen LogP contribution in [0.2, 0.25) is 0 Å². The lowest BCUT2D eigenvalue weighted by molar-refractivity contribution is -0.117. The molecule has 0 bridgehead atoms. The zero-order valence-electron chi connectivity index (χ0n) is 31.9. The second kappa shape index (κ2) is 17.0. The number of carbonyl (C=O) groups is 2. The lowest BCUT2D eigenvalue weighted by Crippen LogP contribution is -2.33. The van der Waals surface area contributed by atoms with Crippen molar-refractivity contribution in [1.82, 2.24) is 0 Å². The summed E-state index contributed by atoms with van der Waals surface area (Å²) in [7, 11) is 0. The molecule has 4 heteroatoms. The highest BCUT2D eigenvalue weighted by atomic mass is 16.1. The molecule has 4 N–H and O–H groups in total. The molecule has 0 radical (unpaired) electrons.